The minimum atomic E-state index is 0.513. The van der Waals surface area contributed by atoms with Crippen LogP contribution in [0.5, 0.6) is 0 Å². The van der Waals surface area contributed by atoms with Crippen molar-refractivity contribution in [3.8, 4) is 0 Å². The summed E-state index contributed by atoms with van der Waals surface area (Å²) in [6.07, 6.45) is 3.85. The molecule has 2 rings (SSSR count). The number of benzene rings is 1. The molecule has 0 aliphatic heterocycles. The van der Waals surface area contributed by atoms with Crippen LogP contribution in [0.4, 0.5) is 0 Å². The van der Waals surface area contributed by atoms with Crippen LogP contribution in [0.25, 0.3) is 0 Å². The lowest BCUT2D eigenvalue weighted by Gasteiger charge is -2.02. The Morgan fingerprint density at radius 1 is 1.25 bits per heavy atom. The lowest BCUT2D eigenvalue weighted by molar-refractivity contribution is 0.769. The molecule has 0 aliphatic carbocycles. The van der Waals surface area contributed by atoms with E-state index in [1.54, 1.807) is 0 Å². The highest BCUT2D eigenvalue weighted by Gasteiger charge is 1.97. The van der Waals surface area contributed by atoms with Crippen LogP contribution in [-0.2, 0) is 13.1 Å². The Morgan fingerprint density at radius 3 is 2.75 bits per heavy atom. The second-order valence-electron chi connectivity index (χ2n) is 3.47. The maximum Gasteiger partial charge on any atom is 0.0950 e. The number of rotatable bonds is 5. The van der Waals surface area contributed by atoms with Gasteiger partial charge in [-0.3, -0.25) is 0 Å². The highest BCUT2D eigenvalue weighted by molar-refractivity contribution is 7.99. The van der Waals surface area contributed by atoms with Crippen LogP contribution in [-0.4, -0.2) is 15.3 Å². The van der Waals surface area contributed by atoms with E-state index in [1.165, 1.54) is 4.90 Å². The number of thioether (sulfide) groups is 1. The zero-order valence-electron chi connectivity index (χ0n) is 9.04. The van der Waals surface area contributed by atoms with Crippen molar-refractivity contribution < 1.29 is 0 Å². The lowest BCUT2D eigenvalue weighted by atomic mass is 10.4. The van der Waals surface area contributed by atoms with E-state index in [0.717, 1.165) is 18.0 Å². The van der Waals surface area contributed by atoms with Gasteiger partial charge in [0.1, 0.15) is 0 Å². The molecule has 0 radical (unpaired) electrons. The second kappa shape index (κ2) is 5.72. The fourth-order valence-corrected chi connectivity index (χ4v) is 2.31. The maximum absolute atomic E-state index is 5.50. The van der Waals surface area contributed by atoms with Gasteiger partial charge in [0.15, 0.2) is 0 Å². The summed E-state index contributed by atoms with van der Waals surface area (Å²) in [6, 6.07) is 10.4. The molecule has 2 N–H and O–H groups in total. The largest absolute Gasteiger partial charge is 0.336 e. The zero-order chi connectivity index (χ0) is 11.2. The van der Waals surface area contributed by atoms with Gasteiger partial charge in [-0.15, -0.1) is 11.8 Å². The summed E-state index contributed by atoms with van der Waals surface area (Å²) in [7, 11) is 0. The minimum absolute atomic E-state index is 0.513. The van der Waals surface area contributed by atoms with Crippen LogP contribution in [0, 0.1) is 0 Å². The first-order valence-electron chi connectivity index (χ1n) is 5.27. The minimum Gasteiger partial charge on any atom is -0.336 e. The summed E-state index contributed by atoms with van der Waals surface area (Å²) in [5.41, 5.74) is 6.45. The fourth-order valence-electron chi connectivity index (χ4n) is 1.42. The normalized spacial score (nSPS) is 10.6. The van der Waals surface area contributed by atoms with Crippen molar-refractivity contribution >= 4 is 11.8 Å². The van der Waals surface area contributed by atoms with Crippen molar-refractivity contribution in [1.82, 2.24) is 9.55 Å². The quantitative estimate of drug-likeness (QED) is 0.805. The third-order valence-corrected chi connectivity index (χ3v) is 3.25. The van der Waals surface area contributed by atoms with Gasteiger partial charge in [0.25, 0.3) is 0 Å². The molecule has 1 heterocycles. The SMILES string of the molecule is NCc1cn(CCSc2ccccc2)cn1. The molecule has 1 aromatic carbocycles. The molecule has 0 saturated carbocycles. The van der Waals surface area contributed by atoms with Crippen molar-refractivity contribution in [2.24, 2.45) is 5.73 Å². The molecular formula is C12H15N3S. The smallest absolute Gasteiger partial charge is 0.0950 e. The zero-order valence-corrected chi connectivity index (χ0v) is 9.86. The molecule has 0 amide bonds. The van der Waals surface area contributed by atoms with Gasteiger partial charge in [0.05, 0.1) is 12.0 Å². The molecule has 3 nitrogen and oxygen atoms in total. The van der Waals surface area contributed by atoms with Crippen molar-refractivity contribution in [2.75, 3.05) is 5.75 Å². The highest BCUT2D eigenvalue weighted by Crippen LogP contribution is 2.16. The Labute approximate surface area is 99.7 Å². The van der Waals surface area contributed by atoms with Crippen molar-refractivity contribution in [1.29, 1.82) is 0 Å². The average molecular weight is 233 g/mol. The number of nitrogens with two attached hydrogens (primary N) is 1. The number of aryl methyl sites for hydroxylation is 1. The van der Waals surface area contributed by atoms with Crippen LogP contribution in [0.15, 0.2) is 47.8 Å². The first-order chi connectivity index (χ1) is 7.88. The third-order valence-electron chi connectivity index (χ3n) is 2.26. The summed E-state index contributed by atoms with van der Waals surface area (Å²) in [5, 5.41) is 0. The Balaban J connectivity index is 1.80. The predicted molar refractivity (Wildman–Crippen MR) is 67.3 cm³/mol. The predicted octanol–water partition coefficient (Wildman–Crippen LogP) is 2.13. The van der Waals surface area contributed by atoms with Crippen LogP contribution >= 0.6 is 11.8 Å². The van der Waals surface area contributed by atoms with Gasteiger partial charge >= 0.3 is 0 Å². The van der Waals surface area contributed by atoms with E-state index in [2.05, 4.69) is 33.8 Å². The van der Waals surface area contributed by atoms with E-state index < -0.39 is 0 Å². The van der Waals surface area contributed by atoms with Crippen molar-refractivity contribution in [2.45, 2.75) is 18.0 Å². The fraction of sp³-hybridized carbons (Fsp3) is 0.250. The molecule has 16 heavy (non-hydrogen) atoms. The van der Waals surface area contributed by atoms with Crippen molar-refractivity contribution in [3.63, 3.8) is 0 Å². The van der Waals surface area contributed by atoms with Crippen LogP contribution < -0.4 is 5.73 Å². The summed E-state index contributed by atoms with van der Waals surface area (Å²) in [5.74, 6) is 1.05. The van der Waals surface area contributed by atoms with Gasteiger partial charge in [-0.05, 0) is 12.1 Å². The molecule has 0 aliphatic rings. The Morgan fingerprint density at radius 2 is 2.06 bits per heavy atom. The molecule has 0 fully saturated rings. The van der Waals surface area contributed by atoms with Crippen LogP contribution in [0.1, 0.15) is 5.69 Å². The van der Waals surface area contributed by atoms with Crippen LogP contribution in [0.2, 0.25) is 0 Å². The molecule has 4 heteroatoms. The van der Waals surface area contributed by atoms with E-state index in [4.69, 9.17) is 5.73 Å². The van der Waals surface area contributed by atoms with Gasteiger partial charge in [0, 0.05) is 29.9 Å². The van der Waals surface area contributed by atoms with Gasteiger partial charge in [-0.1, -0.05) is 18.2 Å². The first kappa shape index (κ1) is 11.2. The van der Waals surface area contributed by atoms with E-state index in [9.17, 15) is 0 Å². The van der Waals surface area contributed by atoms with Crippen molar-refractivity contribution in [3.05, 3.63) is 48.5 Å². The molecular weight excluding hydrogens is 218 g/mol. The van der Waals surface area contributed by atoms with E-state index in [-0.39, 0.29) is 0 Å². The van der Waals surface area contributed by atoms with Gasteiger partial charge in [0.2, 0.25) is 0 Å². The summed E-state index contributed by atoms with van der Waals surface area (Å²) in [6.45, 7) is 1.48. The van der Waals surface area contributed by atoms with E-state index in [1.807, 2.05) is 30.4 Å². The first-order valence-corrected chi connectivity index (χ1v) is 6.25. The molecule has 0 bridgehead atoms. The maximum atomic E-state index is 5.50. The number of aromatic nitrogens is 2. The number of hydrogen-bond donors (Lipinski definition) is 1. The molecule has 0 saturated heterocycles. The number of hydrogen-bond acceptors (Lipinski definition) is 3. The lowest BCUT2D eigenvalue weighted by Crippen LogP contribution is -1.98. The van der Waals surface area contributed by atoms with Crippen LogP contribution in [0.3, 0.4) is 0 Å². The third kappa shape index (κ3) is 3.12. The Kier molecular flexibility index (Phi) is 4.02. The van der Waals surface area contributed by atoms with Gasteiger partial charge in [-0.2, -0.15) is 0 Å². The Bertz CT molecular complexity index is 425. The second-order valence-corrected chi connectivity index (χ2v) is 4.64. The topological polar surface area (TPSA) is 43.8 Å². The summed E-state index contributed by atoms with van der Waals surface area (Å²) < 4.78 is 2.08. The molecule has 0 unspecified atom stereocenters. The molecule has 0 atom stereocenters. The number of nitrogens with zero attached hydrogens (tertiary/aromatic N) is 2. The Hall–Kier alpha value is -1.26. The average Bonchev–Trinajstić information content (AvgIpc) is 2.78. The molecule has 84 valence electrons. The number of imidazole rings is 1. The van der Waals surface area contributed by atoms with E-state index >= 15 is 0 Å². The molecule has 0 spiro atoms. The van der Waals surface area contributed by atoms with E-state index in [0.29, 0.717) is 6.54 Å². The highest BCUT2D eigenvalue weighted by atomic mass is 32.2. The summed E-state index contributed by atoms with van der Waals surface area (Å²) >= 11 is 1.85. The standard InChI is InChI=1S/C12H15N3S/c13-8-11-9-15(10-14-11)6-7-16-12-4-2-1-3-5-12/h1-5,9-10H,6-8,13H2. The van der Waals surface area contributed by atoms with Gasteiger partial charge < -0.3 is 10.3 Å². The molecule has 1 aromatic heterocycles. The summed E-state index contributed by atoms with van der Waals surface area (Å²) in [4.78, 5) is 5.50. The van der Waals surface area contributed by atoms with Gasteiger partial charge in [-0.25, -0.2) is 4.98 Å². The molecule has 2 aromatic rings. The monoisotopic (exact) mass is 233 g/mol.